The Morgan fingerprint density at radius 1 is 1.36 bits per heavy atom. The van der Waals surface area contributed by atoms with Gasteiger partial charge in [-0.05, 0) is 25.8 Å². The molecule has 8 heteroatoms. The molecule has 8 nitrogen and oxygen atoms in total. The number of carboxylic acids is 1. The molecule has 0 spiro atoms. The van der Waals surface area contributed by atoms with Crippen molar-refractivity contribution in [2.75, 3.05) is 6.54 Å². The van der Waals surface area contributed by atoms with Crippen molar-refractivity contribution < 1.29 is 19.4 Å². The molecule has 0 unspecified atom stereocenters. The predicted octanol–water partition coefficient (Wildman–Crippen LogP) is 0.772. The van der Waals surface area contributed by atoms with E-state index in [0.29, 0.717) is 6.54 Å². The van der Waals surface area contributed by atoms with Crippen molar-refractivity contribution in [2.45, 2.75) is 71.2 Å². The fraction of sp³-hybridized carbons (Fsp3) is 0.706. The second-order valence-electron chi connectivity index (χ2n) is 6.08. The molecule has 1 rings (SSSR count). The van der Waals surface area contributed by atoms with Gasteiger partial charge in [-0.15, -0.1) is 0 Å². The summed E-state index contributed by atoms with van der Waals surface area (Å²) < 4.78 is 6.08. The molecule has 0 aliphatic heterocycles. The van der Waals surface area contributed by atoms with Crippen molar-refractivity contribution in [1.82, 2.24) is 10.6 Å². The number of nitrogens with one attached hydrogen (secondary N) is 2. The molecule has 1 aliphatic rings. The van der Waals surface area contributed by atoms with Crippen molar-refractivity contribution in [3.8, 4) is 0 Å². The van der Waals surface area contributed by atoms with Gasteiger partial charge in [0.15, 0.2) is 5.96 Å². The summed E-state index contributed by atoms with van der Waals surface area (Å²) in [6.07, 6.45) is 2.82. The van der Waals surface area contributed by atoms with Gasteiger partial charge in [0.2, 0.25) is 5.91 Å². The number of hydrogen-bond acceptors (Lipinski definition) is 4. The average Bonchev–Trinajstić information content (AvgIpc) is 2.54. The zero-order chi connectivity index (χ0) is 19.0. The summed E-state index contributed by atoms with van der Waals surface area (Å²) >= 11 is 0. The third kappa shape index (κ3) is 6.38. The second-order valence-corrected chi connectivity index (χ2v) is 6.08. The Hall–Kier alpha value is -2.09. The van der Waals surface area contributed by atoms with Crippen LogP contribution in [0.2, 0.25) is 0 Å². The zero-order valence-electron chi connectivity index (χ0n) is 15.4. The molecule has 3 atom stereocenters. The van der Waals surface area contributed by atoms with Crippen LogP contribution in [0.1, 0.15) is 47.0 Å². The number of amides is 1. The topological polar surface area (TPSA) is 126 Å². The van der Waals surface area contributed by atoms with E-state index >= 15 is 0 Å². The van der Waals surface area contributed by atoms with Crippen molar-refractivity contribution in [1.29, 1.82) is 0 Å². The lowest BCUT2D eigenvalue weighted by Crippen LogP contribution is -2.60. The third-order valence-electron chi connectivity index (χ3n) is 4.16. The lowest BCUT2D eigenvalue weighted by molar-refractivity contribution is -0.133. The molecule has 142 valence electrons. The first-order valence-electron chi connectivity index (χ1n) is 8.75. The Labute approximate surface area is 148 Å². The predicted molar refractivity (Wildman–Crippen MR) is 96.3 cm³/mol. The third-order valence-corrected chi connectivity index (χ3v) is 4.16. The minimum Gasteiger partial charge on any atom is -0.478 e. The van der Waals surface area contributed by atoms with E-state index in [1.54, 1.807) is 6.08 Å². The van der Waals surface area contributed by atoms with Gasteiger partial charge in [0.05, 0.1) is 24.3 Å². The van der Waals surface area contributed by atoms with Gasteiger partial charge in [-0.3, -0.25) is 9.79 Å². The van der Waals surface area contributed by atoms with Crippen LogP contribution in [0.15, 0.2) is 16.6 Å². The minimum atomic E-state index is -1.00. The largest absolute Gasteiger partial charge is 0.478 e. The maximum absolute atomic E-state index is 11.7. The van der Waals surface area contributed by atoms with E-state index in [2.05, 4.69) is 15.6 Å². The van der Waals surface area contributed by atoms with Gasteiger partial charge in [-0.25, -0.2) is 4.79 Å². The number of nitrogens with zero attached hydrogens (tertiary/aromatic N) is 1. The summed E-state index contributed by atoms with van der Waals surface area (Å²) in [5.41, 5.74) is 6.08. The SMILES string of the molecule is CCN=C(N)N[C@H]1CC(C(=O)O)=C[C@@H](OC(CC)CC)[C@@H]1NC(C)=O. The van der Waals surface area contributed by atoms with E-state index in [0.717, 1.165) is 12.8 Å². The molecular weight excluding hydrogens is 324 g/mol. The summed E-state index contributed by atoms with van der Waals surface area (Å²) in [5.74, 6) is -0.999. The quantitative estimate of drug-likeness (QED) is 0.377. The molecule has 1 aliphatic carbocycles. The maximum atomic E-state index is 11.7. The van der Waals surface area contributed by atoms with Gasteiger partial charge in [0, 0.05) is 25.5 Å². The number of carboxylic acid groups (broad SMARTS) is 1. The molecule has 5 N–H and O–H groups in total. The van der Waals surface area contributed by atoms with Gasteiger partial charge >= 0.3 is 5.97 Å². The summed E-state index contributed by atoms with van der Waals surface area (Å²) in [4.78, 5) is 27.3. The summed E-state index contributed by atoms with van der Waals surface area (Å²) in [6.45, 7) is 7.79. The highest BCUT2D eigenvalue weighted by atomic mass is 16.5. The summed E-state index contributed by atoms with van der Waals surface area (Å²) in [6, 6.07) is -0.860. The fourth-order valence-corrected chi connectivity index (χ4v) is 2.91. The van der Waals surface area contributed by atoms with Gasteiger partial charge in [0.1, 0.15) is 0 Å². The number of aliphatic imine (C=N–C) groups is 1. The molecule has 1 amide bonds. The first kappa shape index (κ1) is 21.0. The summed E-state index contributed by atoms with van der Waals surface area (Å²) in [5, 5.41) is 15.3. The Morgan fingerprint density at radius 3 is 2.48 bits per heavy atom. The number of carbonyl (C=O) groups is 2. The lowest BCUT2D eigenvalue weighted by Gasteiger charge is -2.38. The highest BCUT2D eigenvalue weighted by Crippen LogP contribution is 2.24. The molecule has 0 saturated carbocycles. The van der Waals surface area contributed by atoms with Crippen LogP contribution >= 0.6 is 0 Å². The van der Waals surface area contributed by atoms with Crippen molar-refractivity contribution in [2.24, 2.45) is 10.7 Å². The first-order chi connectivity index (χ1) is 11.8. The molecule has 0 saturated heterocycles. The smallest absolute Gasteiger partial charge is 0.331 e. The van der Waals surface area contributed by atoms with Crippen LogP contribution in [0.3, 0.4) is 0 Å². The Morgan fingerprint density at radius 2 is 2.00 bits per heavy atom. The molecule has 25 heavy (non-hydrogen) atoms. The average molecular weight is 354 g/mol. The molecule has 0 aromatic heterocycles. The van der Waals surface area contributed by atoms with E-state index in [1.165, 1.54) is 6.92 Å². The summed E-state index contributed by atoms with van der Waals surface area (Å²) in [7, 11) is 0. The van der Waals surface area contributed by atoms with Gasteiger partial charge in [0.25, 0.3) is 0 Å². The number of guanidine groups is 1. The van der Waals surface area contributed by atoms with Crippen LogP contribution in [0.5, 0.6) is 0 Å². The van der Waals surface area contributed by atoms with Crippen LogP contribution in [0, 0.1) is 0 Å². The van der Waals surface area contributed by atoms with Gasteiger partial charge in [-0.2, -0.15) is 0 Å². The first-order valence-corrected chi connectivity index (χ1v) is 8.75. The van der Waals surface area contributed by atoms with Crippen LogP contribution in [0.25, 0.3) is 0 Å². The van der Waals surface area contributed by atoms with E-state index in [1.807, 2.05) is 20.8 Å². The fourth-order valence-electron chi connectivity index (χ4n) is 2.91. The van der Waals surface area contributed by atoms with Crippen LogP contribution in [0.4, 0.5) is 0 Å². The number of ether oxygens (including phenoxy) is 1. The van der Waals surface area contributed by atoms with E-state index in [-0.39, 0.29) is 30.0 Å². The number of carbonyl (C=O) groups excluding carboxylic acids is 1. The molecule has 0 heterocycles. The standard InChI is InChI=1S/C17H30N4O4/c1-5-12(6-2)25-14-9-11(16(23)24)8-13(15(14)20-10(4)22)21-17(18)19-7-3/h9,12-15H,5-8H2,1-4H3,(H,20,22)(H,23,24)(H3,18,19,21)/t13-,14+,15+/m0/s1. The normalized spacial score (nSPS) is 24.0. The highest BCUT2D eigenvalue weighted by molar-refractivity contribution is 5.87. The van der Waals surface area contributed by atoms with Gasteiger partial charge in [-0.1, -0.05) is 13.8 Å². The van der Waals surface area contributed by atoms with Crippen LogP contribution < -0.4 is 16.4 Å². The number of nitrogens with two attached hydrogens (primary N) is 1. The molecule has 0 fully saturated rings. The minimum absolute atomic E-state index is 0.0204. The Kier molecular flexibility index (Phi) is 8.40. The lowest BCUT2D eigenvalue weighted by atomic mass is 9.87. The highest BCUT2D eigenvalue weighted by Gasteiger charge is 2.37. The van der Waals surface area contributed by atoms with E-state index in [9.17, 15) is 14.7 Å². The number of aliphatic carboxylic acids is 1. The Balaban J connectivity index is 3.16. The van der Waals surface area contributed by atoms with Gasteiger partial charge < -0.3 is 26.2 Å². The van der Waals surface area contributed by atoms with E-state index < -0.39 is 24.2 Å². The monoisotopic (exact) mass is 354 g/mol. The zero-order valence-corrected chi connectivity index (χ0v) is 15.4. The molecule has 0 aromatic carbocycles. The van der Waals surface area contributed by atoms with Crippen molar-refractivity contribution >= 4 is 17.8 Å². The van der Waals surface area contributed by atoms with E-state index in [4.69, 9.17) is 10.5 Å². The molecule has 0 aromatic rings. The Bertz CT molecular complexity index is 529. The second kappa shape index (κ2) is 10.0. The van der Waals surface area contributed by atoms with Crippen LogP contribution in [-0.2, 0) is 14.3 Å². The molecular formula is C17H30N4O4. The van der Waals surface area contributed by atoms with Crippen LogP contribution in [-0.4, -0.2) is 53.8 Å². The van der Waals surface area contributed by atoms with Crippen molar-refractivity contribution in [3.05, 3.63) is 11.6 Å². The maximum Gasteiger partial charge on any atom is 0.331 e. The molecule has 0 radical (unpaired) electrons. The number of rotatable bonds is 8. The molecule has 0 bridgehead atoms. The van der Waals surface area contributed by atoms with Crippen molar-refractivity contribution in [3.63, 3.8) is 0 Å². The number of hydrogen-bond donors (Lipinski definition) is 4.